The van der Waals surface area contributed by atoms with Crippen molar-refractivity contribution < 1.29 is 0 Å². The smallest absolute Gasteiger partial charge is 0.00407 e. The molecule has 1 aromatic rings. The van der Waals surface area contributed by atoms with Gasteiger partial charge in [0.2, 0.25) is 0 Å². The zero-order chi connectivity index (χ0) is 11.3. The minimum atomic E-state index is 0.488. The first-order valence-electron chi connectivity index (χ1n) is 6.41. The molecule has 0 bridgehead atoms. The highest BCUT2D eigenvalue weighted by molar-refractivity contribution is 5.33. The SMILES string of the molecule is CC1(C)C(CN)C1C1Cc2ccccc2C1. The van der Waals surface area contributed by atoms with Crippen molar-refractivity contribution in [3.05, 3.63) is 35.4 Å². The Balaban J connectivity index is 1.78. The Morgan fingerprint density at radius 3 is 2.19 bits per heavy atom. The fourth-order valence-corrected chi connectivity index (χ4v) is 4.02. The average Bonchev–Trinajstić information content (AvgIpc) is 2.65. The maximum absolute atomic E-state index is 5.87. The van der Waals surface area contributed by atoms with Gasteiger partial charge < -0.3 is 5.73 Å². The zero-order valence-corrected chi connectivity index (χ0v) is 10.2. The van der Waals surface area contributed by atoms with Gasteiger partial charge in [0, 0.05) is 0 Å². The quantitative estimate of drug-likeness (QED) is 0.806. The molecule has 1 nitrogen and oxygen atoms in total. The van der Waals surface area contributed by atoms with Crippen LogP contribution in [0.5, 0.6) is 0 Å². The van der Waals surface area contributed by atoms with Gasteiger partial charge in [0.25, 0.3) is 0 Å². The molecule has 0 aliphatic heterocycles. The highest BCUT2D eigenvalue weighted by atomic mass is 14.7. The summed E-state index contributed by atoms with van der Waals surface area (Å²) < 4.78 is 0. The van der Waals surface area contributed by atoms with Crippen LogP contribution in [0.4, 0.5) is 0 Å². The maximum Gasteiger partial charge on any atom is -0.00407 e. The Labute approximate surface area is 98.0 Å². The fourth-order valence-electron chi connectivity index (χ4n) is 4.02. The van der Waals surface area contributed by atoms with E-state index in [1.165, 1.54) is 12.8 Å². The average molecular weight is 215 g/mol. The summed E-state index contributed by atoms with van der Waals surface area (Å²) in [5.41, 5.74) is 9.51. The molecule has 0 radical (unpaired) electrons. The van der Waals surface area contributed by atoms with E-state index in [-0.39, 0.29) is 0 Å². The summed E-state index contributed by atoms with van der Waals surface area (Å²) in [5.74, 6) is 2.46. The molecule has 3 rings (SSSR count). The van der Waals surface area contributed by atoms with E-state index in [9.17, 15) is 0 Å². The monoisotopic (exact) mass is 215 g/mol. The molecule has 2 atom stereocenters. The molecule has 0 spiro atoms. The highest BCUT2D eigenvalue weighted by Gasteiger charge is 2.59. The topological polar surface area (TPSA) is 26.0 Å². The molecule has 0 heterocycles. The minimum absolute atomic E-state index is 0.488. The summed E-state index contributed by atoms with van der Waals surface area (Å²) in [6.45, 7) is 5.64. The number of hydrogen-bond donors (Lipinski definition) is 1. The van der Waals surface area contributed by atoms with Crippen LogP contribution in [0.1, 0.15) is 25.0 Å². The van der Waals surface area contributed by atoms with Gasteiger partial charge in [-0.25, -0.2) is 0 Å². The van der Waals surface area contributed by atoms with Crippen LogP contribution in [0, 0.1) is 23.2 Å². The zero-order valence-electron chi connectivity index (χ0n) is 10.2. The molecule has 16 heavy (non-hydrogen) atoms. The number of fused-ring (bicyclic) bond motifs is 1. The van der Waals surface area contributed by atoms with Gasteiger partial charge in [0.05, 0.1) is 0 Å². The highest BCUT2D eigenvalue weighted by Crippen LogP contribution is 2.63. The Morgan fingerprint density at radius 1 is 1.19 bits per heavy atom. The van der Waals surface area contributed by atoms with Crippen molar-refractivity contribution in [2.75, 3.05) is 6.54 Å². The van der Waals surface area contributed by atoms with E-state index in [0.29, 0.717) is 5.41 Å². The van der Waals surface area contributed by atoms with Gasteiger partial charge in [-0.15, -0.1) is 0 Å². The molecule has 0 amide bonds. The second-order valence-corrected chi connectivity index (χ2v) is 6.13. The van der Waals surface area contributed by atoms with Crippen LogP contribution in [0.25, 0.3) is 0 Å². The molecule has 86 valence electrons. The van der Waals surface area contributed by atoms with Crippen molar-refractivity contribution >= 4 is 0 Å². The van der Waals surface area contributed by atoms with Crippen LogP contribution >= 0.6 is 0 Å². The first-order chi connectivity index (χ1) is 7.64. The minimum Gasteiger partial charge on any atom is -0.330 e. The Bertz CT molecular complexity index is 383. The summed E-state index contributed by atoms with van der Waals surface area (Å²) in [7, 11) is 0. The van der Waals surface area contributed by atoms with Gasteiger partial charge in [-0.3, -0.25) is 0 Å². The predicted molar refractivity (Wildman–Crippen MR) is 67.2 cm³/mol. The Kier molecular flexibility index (Phi) is 2.16. The summed E-state index contributed by atoms with van der Waals surface area (Å²) >= 11 is 0. The molecular weight excluding hydrogens is 194 g/mol. The van der Waals surface area contributed by atoms with E-state index in [1.807, 2.05) is 0 Å². The van der Waals surface area contributed by atoms with Crippen LogP contribution in [0.3, 0.4) is 0 Å². The lowest BCUT2D eigenvalue weighted by Crippen LogP contribution is -2.09. The third-order valence-electron chi connectivity index (χ3n) is 4.98. The molecule has 2 N–H and O–H groups in total. The van der Waals surface area contributed by atoms with Crippen molar-refractivity contribution in [3.63, 3.8) is 0 Å². The first kappa shape index (κ1) is 10.3. The predicted octanol–water partition coefficient (Wildman–Crippen LogP) is 2.63. The number of rotatable bonds is 2. The van der Waals surface area contributed by atoms with Gasteiger partial charge in [0.1, 0.15) is 0 Å². The maximum atomic E-state index is 5.87. The van der Waals surface area contributed by atoms with E-state index >= 15 is 0 Å². The van der Waals surface area contributed by atoms with Crippen molar-refractivity contribution in [2.45, 2.75) is 26.7 Å². The molecule has 0 aromatic heterocycles. The number of hydrogen-bond acceptors (Lipinski definition) is 1. The number of nitrogens with two attached hydrogens (primary N) is 1. The van der Waals surface area contributed by atoms with E-state index in [0.717, 1.165) is 24.3 Å². The summed E-state index contributed by atoms with van der Waals surface area (Å²) in [6.07, 6.45) is 2.56. The lowest BCUT2D eigenvalue weighted by molar-refractivity contribution is 0.408. The molecule has 2 aliphatic carbocycles. The summed E-state index contributed by atoms with van der Waals surface area (Å²) in [4.78, 5) is 0. The van der Waals surface area contributed by atoms with Crippen molar-refractivity contribution in [2.24, 2.45) is 28.9 Å². The van der Waals surface area contributed by atoms with Crippen LogP contribution in [0.2, 0.25) is 0 Å². The first-order valence-corrected chi connectivity index (χ1v) is 6.41. The lowest BCUT2D eigenvalue weighted by Gasteiger charge is -2.10. The summed E-state index contributed by atoms with van der Waals surface area (Å²) in [5, 5.41) is 0. The Morgan fingerprint density at radius 2 is 1.75 bits per heavy atom. The normalized spacial score (nSPS) is 31.4. The van der Waals surface area contributed by atoms with E-state index < -0.39 is 0 Å². The molecular formula is C15H21N. The van der Waals surface area contributed by atoms with Gasteiger partial charge in [-0.05, 0) is 53.7 Å². The standard InChI is InChI=1S/C15H21N/c1-15(2)13(9-16)14(15)12-7-10-5-3-4-6-11(10)8-12/h3-6,12-14H,7-9,16H2,1-2H3. The Hall–Kier alpha value is -0.820. The van der Waals surface area contributed by atoms with Gasteiger partial charge in [-0.2, -0.15) is 0 Å². The van der Waals surface area contributed by atoms with E-state index in [2.05, 4.69) is 38.1 Å². The molecule has 2 unspecified atom stereocenters. The van der Waals surface area contributed by atoms with Gasteiger partial charge in [0.15, 0.2) is 0 Å². The third-order valence-corrected chi connectivity index (χ3v) is 4.98. The molecule has 1 heteroatoms. The van der Waals surface area contributed by atoms with Crippen molar-refractivity contribution in [1.82, 2.24) is 0 Å². The third kappa shape index (κ3) is 1.34. The second kappa shape index (κ2) is 3.33. The fraction of sp³-hybridized carbons (Fsp3) is 0.600. The van der Waals surface area contributed by atoms with Gasteiger partial charge in [-0.1, -0.05) is 38.1 Å². The summed E-state index contributed by atoms with van der Waals surface area (Å²) in [6, 6.07) is 8.92. The van der Waals surface area contributed by atoms with Crippen LogP contribution in [-0.2, 0) is 12.8 Å². The molecule has 0 saturated heterocycles. The van der Waals surface area contributed by atoms with Crippen molar-refractivity contribution in [1.29, 1.82) is 0 Å². The van der Waals surface area contributed by atoms with Crippen molar-refractivity contribution in [3.8, 4) is 0 Å². The molecule has 2 aliphatic rings. The lowest BCUT2D eigenvalue weighted by atomic mass is 9.94. The van der Waals surface area contributed by atoms with Crippen LogP contribution < -0.4 is 5.73 Å². The number of benzene rings is 1. The van der Waals surface area contributed by atoms with E-state index in [1.54, 1.807) is 11.1 Å². The van der Waals surface area contributed by atoms with Gasteiger partial charge >= 0.3 is 0 Å². The largest absolute Gasteiger partial charge is 0.330 e. The molecule has 1 saturated carbocycles. The van der Waals surface area contributed by atoms with Crippen LogP contribution in [0.15, 0.2) is 24.3 Å². The van der Waals surface area contributed by atoms with Crippen LogP contribution in [-0.4, -0.2) is 6.54 Å². The molecule has 1 fully saturated rings. The second-order valence-electron chi connectivity index (χ2n) is 6.13. The van der Waals surface area contributed by atoms with E-state index in [4.69, 9.17) is 5.73 Å². The molecule has 1 aromatic carbocycles.